The van der Waals surface area contributed by atoms with E-state index in [1.807, 2.05) is 6.08 Å². The number of carboxylic acids is 1. The van der Waals surface area contributed by atoms with Gasteiger partial charge in [0.25, 0.3) is 0 Å². The summed E-state index contributed by atoms with van der Waals surface area (Å²) in [6.45, 7) is 7.22. The molecule has 0 aromatic rings. The summed E-state index contributed by atoms with van der Waals surface area (Å²) in [4.78, 5) is 23.1. The Bertz CT molecular complexity index is 617. The number of fused-ring (bicyclic) bond motifs is 1. The Morgan fingerprint density at radius 3 is 2.75 bits per heavy atom. The number of allylic oxidation sites excluding steroid dienone is 1. The molecule has 1 heterocycles. The highest BCUT2D eigenvalue weighted by Crippen LogP contribution is 2.62. The standard InChI is InChI=1S/C20H28O4/c1-13-7-9-20(3)15(18(22)23)5-4-6-16(20)19(13,2)10-8-14-11-17(21)24-12-14/h5,11,13,16H,4,6-10,12H2,1-3H3,(H,22,23)/t13-,16+,19-,20-/m0/s1. The Hall–Kier alpha value is -1.58. The molecule has 0 spiro atoms. The van der Waals surface area contributed by atoms with Gasteiger partial charge >= 0.3 is 11.9 Å². The van der Waals surface area contributed by atoms with Crippen LogP contribution in [-0.2, 0) is 14.3 Å². The van der Waals surface area contributed by atoms with E-state index in [-0.39, 0.29) is 16.8 Å². The number of cyclic esters (lactones) is 1. The van der Waals surface area contributed by atoms with Gasteiger partial charge in [-0.15, -0.1) is 0 Å². The average Bonchev–Trinajstić information content (AvgIpc) is 2.94. The molecule has 0 aromatic carbocycles. The van der Waals surface area contributed by atoms with E-state index in [1.54, 1.807) is 6.08 Å². The van der Waals surface area contributed by atoms with E-state index >= 15 is 0 Å². The molecule has 1 saturated carbocycles. The summed E-state index contributed by atoms with van der Waals surface area (Å²) in [5.41, 5.74) is 1.55. The Labute approximate surface area is 144 Å². The second-order valence-electron chi connectivity index (χ2n) is 8.33. The Morgan fingerprint density at radius 2 is 2.12 bits per heavy atom. The highest BCUT2D eigenvalue weighted by Gasteiger charge is 2.55. The van der Waals surface area contributed by atoms with Gasteiger partial charge in [0, 0.05) is 17.1 Å². The lowest BCUT2D eigenvalue weighted by Gasteiger charge is -2.57. The quantitative estimate of drug-likeness (QED) is 0.787. The van der Waals surface area contributed by atoms with Crippen LogP contribution in [0, 0.1) is 22.7 Å². The first-order valence-electron chi connectivity index (χ1n) is 9.07. The molecule has 0 aromatic heterocycles. The fourth-order valence-electron chi connectivity index (χ4n) is 5.43. The van der Waals surface area contributed by atoms with E-state index in [0.29, 0.717) is 24.0 Å². The van der Waals surface area contributed by atoms with Crippen molar-refractivity contribution in [1.82, 2.24) is 0 Å². The number of hydrogen-bond donors (Lipinski definition) is 1. The summed E-state index contributed by atoms with van der Waals surface area (Å²) in [7, 11) is 0. The molecule has 132 valence electrons. The number of hydrogen-bond acceptors (Lipinski definition) is 3. The van der Waals surface area contributed by atoms with Gasteiger partial charge < -0.3 is 9.84 Å². The van der Waals surface area contributed by atoms with E-state index in [4.69, 9.17) is 4.74 Å². The van der Waals surface area contributed by atoms with Crippen LogP contribution in [-0.4, -0.2) is 23.7 Å². The molecule has 1 N–H and O–H groups in total. The lowest BCUT2D eigenvalue weighted by molar-refractivity contribution is -0.137. The van der Waals surface area contributed by atoms with Gasteiger partial charge in [0.1, 0.15) is 6.61 Å². The van der Waals surface area contributed by atoms with Crippen molar-refractivity contribution in [2.45, 2.75) is 59.3 Å². The fourth-order valence-corrected chi connectivity index (χ4v) is 5.43. The predicted molar refractivity (Wildman–Crippen MR) is 91.3 cm³/mol. The van der Waals surface area contributed by atoms with Crippen molar-refractivity contribution in [2.24, 2.45) is 22.7 Å². The number of carboxylic acid groups (broad SMARTS) is 1. The molecule has 0 bridgehead atoms. The molecule has 3 aliphatic rings. The molecule has 1 aliphatic heterocycles. The molecule has 0 amide bonds. The zero-order valence-corrected chi connectivity index (χ0v) is 14.9. The second kappa shape index (κ2) is 6.05. The van der Waals surface area contributed by atoms with E-state index in [1.165, 1.54) is 0 Å². The van der Waals surface area contributed by atoms with Gasteiger partial charge in [-0.2, -0.15) is 0 Å². The maximum absolute atomic E-state index is 11.8. The second-order valence-corrected chi connectivity index (χ2v) is 8.33. The number of carbonyl (C=O) groups excluding carboxylic acids is 1. The summed E-state index contributed by atoms with van der Waals surface area (Å²) in [6.07, 6.45) is 9.35. The van der Waals surface area contributed by atoms with Crippen molar-refractivity contribution < 1.29 is 19.4 Å². The molecule has 0 radical (unpaired) electrons. The lowest BCUT2D eigenvalue weighted by Crippen LogP contribution is -2.51. The monoisotopic (exact) mass is 332 g/mol. The summed E-state index contributed by atoms with van der Waals surface area (Å²) < 4.78 is 5.02. The van der Waals surface area contributed by atoms with Gasteiger partial charge in [-0.25, -0.2) is 9.59 Å². The summed E-state index contributed by atoms with van der Waals surface area (Å²) >= 11 is 0. The van der Waals surface area contributed by atoms with Gasteiger partial charge in [-0.1, -0.05) is 26.8 Å². The van der Waals surface area contributed by atoms with Crippen LogP contribution < -0.4 is 0 Å². The summed E-state index contributed by atoms with van der Waals surface area (Å²) in [5, 5.41) is 9.68. The van der Waals surface area contributed by atoms with Crippen LogP contribution in [0.5, 0.6) is 0 Å². The molecular formula is C20H28O4. The topological polar surface area (TPSA) is 63.6 Å². The molecule has 0 saturated heterocycles. The largest absolute Gasteiger partial charge is 0.478 e. The van der Waals surface area contributed by atoms with Crippen molar-refractivity contribution in [2.75, 3.05) is 6.61 Å². The van der Waals surface area contributed by atoms with Crippen LogP contribution in [0.4, 0.5) is 0 Å². The van der Waals surface area contributed by atoms with E-state index < -0.39 is 5.97 Å². The fraction of sp³-hybridized carbons (Fsp3) is 0.700. The first-order chi connectivity index (χ1) is 11.3. The molecule has 1 fully saturated rings. The number of carbonyl (C=O) groups is 2. The lowest BCUT2D eigenvalue weighted by atomic mass is 9.46. The van der Waals surface area contributed by atoms with Gasteiger partial charge in [0.2, 0.25) is 0 Å². The minimum absolute atomic E-state index is 0.0917. The highest BCUT2D eigenvalue weighted by atomic mass is 16.5. The Morgan fingerprint density at radius 1 is 1.38 bits per heavy atom. The number of rotatable bonds is 4. The number of ether oxygens (including phenoxy) is 1. The SMILES string of the molecule is C[C@H]1CC[C@@]2(C)C(C(=O)O)=CCC[C@@H]2[C@@]1(C)CCC1=CC(=O)OC1. The van der Waals surface area contributed by atoms with Crippen LogP contribution in [0.2, 0.25) is 0 Å². The first-order valence-corrected chi connectivity index (χ1v) is 9.07. The molecule has 4 nitrogen and oxygen atoms in total. The van der Waals surface area contributed by atoms with E-state index in [2.05, 4.69) is 20.8 Å². The van der Waals surface area contributed by atoms with Crippen molar-refractivity contribution >= 4 is 11.9 Å². The molecule has 24 heavy (non-hydrogen) atoms. The van der Waals surface area contributed by atoms with Gasteiger partial charge in [0.05, 0.1) is 0 Å². The zero-order chi connectivity index (χ0) is 17.5. The average molecular weight is 332 g/mol. The number of aliphatic carboxylic acids is 1. The molecule has 2 aliphatic carbocycles. The third kappa shape index (κ3) is 2.70. The van der Waals surface area contributed by atoms with Gasteiger partial charge in [-0.05, 0) is 61.3 Å². The van der Waals surface area contributed by atoms with Crippen LogP contribution in [0.15, 0.2) is 23.3 Å². The van der Waals surface area contributed by atoms with Gasteiger partial charge in [-0.3, -0.25) is 0 Å². The van der Waals surface area contributed by atoms with Crippen molar-refractivity contribution in [3.63, 3.8) is 0 Å². The normalized spacial score (nSPS) is 38.9. The highest BCUT2D eigenvalue weighted by molar-refractivity contribution is 5.88. The van der Waals surface area contributed by atoms with Gasteiger partial charge in [0.15, 0.2) is 0 Å². The van der Waals surface area contributed by atoms with E-state index in [9.17, 15) is 14.7 Å². The molecule has 3 rings (SSSR count). The molecule has 0 unspecified atom stereocenters. The third-order valence-electron chi connectivity index (χ3n) is 7.14. The molecule has 4 heteroatoms. The first kappa shape index (κ1) is 17.2. The van der Waals surface area contributed by atoms with E-state index in [0.717, 1.165) is 44.1 Å². The minimum Gasteiger partial charge on any atom is -0.478 e. The Balaban J connectivity index is 1.85. The maximum atomic E-state index is 11.8. The van der Waals surface area contributed by atoms with Crippen LogP contribution in [0.25, 0.3) is 0 Å². The smallest absolute Gasteiger partial charge is 0.331 e. The summed E-state index contributed by atoms with van der Waals surface area (Å²) in [5.74, 6) is -0.0483. The van der Waals surface area contributed by atoms with Crippen LogP contribution >= 0.6 is 0 Å². The van der Waals surface area contributed by atoms with Crippen LogP contribution in [0.1, 0.15) is 59.3 Å². The van der Waals surface area contributed by atoms with Crippen molar-refractivity contribution in [1.29, 1.82) is 0 Å². The van der Waals surface area contributed by atoms with Crippen LogP contribution in [0.3, 0.4) is 0 Å². The van der Waals surface area contributed by atoms with Crippen molar-refractivity contribution in [3.05, 3.63) is 23.3 Å². The maximum Gasteiger partial charge on any atom is 0.331 e. The van der Waals surface area contributed by atoms with Crippen molar-refractivity contribution in [3.8, 4) is 0 Å². The zero-order valence-electron chi connectivity index (χ0n) is 14.9. The predicted octanol–water partition coefficient (Wildman–Crippen LogP) is 4.11. The third-order valence-corrected chi connectivity index (χ3v) is 7.14. The minimum atomic E-state index is -0.753. The number of esters is 1. The molecule has 4 atom stereocenters. The summed E-state index contributed by atoms with van der Waals surface area (Å²) in [6, 6.07) is 0. The molecular weight excluding hydrogens is 304 g/mol. The Kier molecular flexibility index (Phi) is 4.35.